The fraction of sp³-hybridized carbons (Fsp3) is 0. The summed E-state index contributed by atoms with van der Waals surface area (Å²) in [5.41, 5.74) is 15.1. The molecule has 0 spiro atoms. The van der Waals surface area contributed by atoms with Gasteiger partial charge in [-0.05, 0) is 89.0 Å². The van der Waals surface area contributed by atoms with E-state index in [0.717, 1.165) is 78.2 Å². The van der Waals surface area contributed by atoms with Crippen LogP contribution in [-0.4, -0.2) is 19.1 Å². The summed E-state index contributed by atoms with van der Waals surface area (Å²) in [6, 6.07) is 78.0. The highest BCUT2D eigenvalue weighted by molar-refractivity contribution is 6.11. The molecule has 0 fully saturated rings. The topological polar surface area (TPSA) is 35.6 Å². The Morgan fingerprint density at radius 3 is 1.30 bits per heavy atom. The van der Waals surface area contributed by atoms with Crippen molar-refractivity contribution in [1.82, 2.24) is 19.1 Å². The molecule has 0 aliphatic heterocycles. The minimum atomic E-state index is 0.881. The normalized spacial score (nSPS) is 11.7. The molecule has 4 nitrogen and oxygen atoms in total. The van der Waals surface area contributed by atoms with Gasteiger partial charge in [-0.2, -0.15) is 0 Å². The van der Waals surface area contributed by atoms with Crippen LogP contribution in [0, 0.1) is 0 Å². The average molecular weight is 765 g/mol. The first-order valence-electron chi connectivity index (χ1n) is 20.4. The molecule has 0 atom stereocenters. The maximum atomic E-state index is 5.47. The van der Waals surface area contributed by atoms with E-state index in [1.165, 1.54) is 32.6 Å². The Balaban J connectivity index is 1.11. The SMILES string of the molecule is c1ccc(-c2cc(-c3cccc(-c4cc(-n5c6ccccc6c6ccccc65)nc5ccc(-n6c7ccccc7c7ccccc76)cc45)c3)cc(-c3ccccc3)n2)cc1. The van der Waals surface area contributed by atoms with E-state index in [-0.39, 0.29) is 0 Å². The Morgan fingerprint density at radius 2 is 0.750 bits per heavy atom. The summed E-state index contributed by atoms with van der Waals surface area (Å²) in [7, 11) is 0. The van der Waals surface area contributed by atoms with Gasteiger partial charge in [0, 0.05) is 43.7 Å². The molecular formula is C56H36N4. The lowest BCUT2D eigenvalue weighted by atomic mass is 9.95. The van der Waals surface area contributed by atoms with Crippen LogP contribution in [0.1, 0.15) is 0 Å². The Labute approximate surface area is 346 Å². The summed E-state index contributed by atoms with van der Waals surface area (Å²) in [6.07, 6.45) is 0. The zero-order chi connectivity index (χ0) is 39.6. The van der Waals surface area contributed by atoms with E-state index in [0.29, 0.717) is 0 Å². The van der Waals surface area contributed by atoms with Gasteiger partial charge in [0.05, 0.1) is 39.0 Å². The number of para-hydroxylation sites is 4. The third-order valence-electron chi connectivity index (χ3n) is 11.9. The van der Waals surface area contributed by atoms with Crippen molar-refractivity contribution in [3.63, 3.8) is 0 Å². The zero-order valence-corrected chi connectivity index (χ0v) is 32.6. The van der Waals surface area contributed by atoms with Crippen molar-refractivity contribution >= 4 is 54.5 Å². The van der Waals surface area contributed by atoms with E-state index in [1.54, 1.807) is 0 Å². The summed E-state index contributed by atoms with van der Waals surface area (Å²) < 4.78 is 4.71. The third kappa shape index (κ3) is 5.53. The molecule has 0 aliphatic carbocycles. The molecule has 12 aromatic rings. The monoisotopic (exact) mass is 764 g/mol. The van der Waals surface area contributed by atoms with Crippen molar-refractivity contribution < 1.29 is 0 Å². The molecule has 0 unspecified atom stereocenters. The minimum absolute atomic E-state index is 0.881. The third-order valence-corrected chi connectivity index (χ3v) is 11.9. The number of aromatic nitrogens is 4. The second-order valence-corrected chi connectivity index (χ2v) is 15.4. The van der Waals surface area contributed by atoms with Gasteiger partial charge in [0.2, 0.25) is 0 Å². The zero-order valence-electron chi connectivity index (χ0n) is 32.6. The molecule has 0 N–H and O–H groups in total. The van der Waals surface area contributed by atoms with Gasteiger partial charge in [-0.25, -0.2) is 9.97 Å². The van der Waals surface area contributed by atoms with Crippen molar-refractivity contribution in [2.24, 2.45) is 0 Å². The maximum absolute atomic E-state index is 5.47. The van der Waals surface area contributed by atoms with Gasteiger partial charge < -0.3 is 4.57 Å². The minimum Gasteiger partial charge on any atom is -0.309 e. The first-order chi connectivity index (χ1) is 29.7. The van der Waals surface area contributed by atoms with Crippen LogP contribution in [0.25, 0.3) is 111 Å². The lowest BCUT2D eigenvalue weighted by Crippen LogP contribution is -2.00. The second-order valence-electron chi connectivity index (χ2n) is 15.4. The maximum Gasteiger partial charge on any atom is 0.138 e. The molecule has 4 heterocycles. The van der Waals surface area contributed by atoms with E-state index < -0.39 is 0 Å². The summed E-state index contributed by atoms with van der Waals surface area (Å²) in [4.78, 5) is 10.6. The van der Waals surface area contributed by atoms with Crippen molar-refractivity contribution in [2.45, 2.75) is 0 Å². The number of benzene rings is 8. The Kier molecular flexibility index (Phi) is 7.82. The molecule has 280 valence electrons. The van der Waals surface area contributed by atoms with Crippen molar-refractivity contribution in [1.29, 1.82) is 0 Å². The number of rotatable bonds is 6. The smallest absolute Gasteiger partial charge is 0.138 e. The Hall–Kier alpha value is -8.08. The van der Waals surface area contributed by atoms with Gasteiger partial charge in [-0.1, -0.05) is 152 Å². The number of hydrogen-bond acceptors (Lipinski definition) is 2. The van der Waals surface area contributed by atoms with Crippen LogP contribution in [0.15, 0.2) is 218 Å². The van der Waals surface area contributed by atoms with E-state index >= 15 is 0 Å². The number of fused-ring (bicyclic) bond motifs is 7. The summed E-state index contributed by atoms with van der Waals surface area (Å²) in [5.74, 6) is 0.881. The van der Waals surface area contributed by atoms with Crippen LogP contribution < -0.4 is 0 Å². The Morgan fingerprint density at radius 1 is 0.283 bits per heavy atom. The molecule has 0 aliphatic rings. The molecule has 60 heavy (non-hydrogen) atoms. The van der Waals surface area contributed by atoms with E-state index in [2.05, 4.69) is 215 Å². The Bertz CT molecular complexity index is 3430. The predicted molar refractivity (Wildman–Crippen MR) is 250 cm³/mol. The quantitative estimate of drug-likeness (QED) is 0.169. The standard InChI is InChI=1S/C56H36N4/c1-3-16-37(17-4-1)50-33-41(34-51(57-50)38-18-5-2-6-19-38)39-20-15-21-40(32-39)47-36-56(60-54-28-13-9-24-45(54)46-25-10-14-29-55(46)60)58-49-31-30-42(35-48(47)49)59-52-26-11-7-22-43(52)44-23-8-12-27-53(44)59/h1-36H. The highest BCUT2D eigenvalue weighted by Crippen LogP contribution is 2.39. The summed E-state index contributed by atoms with van der Waals surface area (Å²) >= 11 is 0. The lowest BCUT2D eigenvalue weighted by Gasteiger charge is -2.16. The van der Waals surface area contributed by atoms with Crippen LogP contribution in [0.2, 0.25) is 0 Å². The van der Waals surface area contributed by atoms with Crippen LogP contribution in [0.4, 0.5) is 0 Å². The highest BCUT2D eigenvalue weighted by atomic mass is 15.1. The van der Waals surface area contributed by atoms with Crippen LogP contribution in [-0.2, 0) is 0 Å². The van der Waals surface area contributed by atoms with E-state index in [1.807, 2.05) is 12.1 Å². The van der Waals surface area contributed by atoms with Gasteiger partial charge in [-0.15, -0.1) is 0 Å². The van der Waals surface area contributed by atoms with Crippen molar-refractivity contribution in [3.8, 4) is 56.3 Å². The van der Waals surface area contributed by atoms with E-state index in [9.17, 15) is 0 Å². The molecule has 0 bridgehead atoms. The first-order valence-corrected chi connectivity index (χ1v) is 20.4. The molecular weight excluding hydrogens is 729 g/mol. The first kappa shape index (κ1) is 34.0. The summed E-state index contributed by atoms with van der Waals surface area (Å²) in [6.45, 7) is 0. The van der Waals surface area contributed by atoms with E-state index in [4.69, 9.17) is 9.97 Å². The number of hydrogen-bond donors (Lipinski definition) is 0. The van der Waals surface area contributed by atoms with Crippen LogP contribution in [0.5, 0.6) is 0 Å². The fourth-order valence-corrected chi connectivity index (χ4v) is 9.14. The van der Waals surface area contributed by atoms with Crippen molar-refractivity contribution in [3.05, 3.63) is 218 Å². The largest absolute Gasteiger partial charge is 0.309 e. The van der Waals surface area contributed by atoms with Crippen LogP contribution in [0.3, 0.4) is 0 Å². The van der Waals surface area contributed by atoms with Gasteiger partial charge in [0.1, 0.15) is 5.82 Å². The van der Waals surface area contributed by atoms with Gasteiger partial charge in [0.15, 0.2) is 0 Å². The highest BCUT2D eigenvalue weighted by Gasteiger charge is 2.19. The average Bonchev–Trinajstić information content (AvgIpc) is 3.85. The predicted octanol–water partition coefficient (Wildman–Crippen LogP) is 14.5. The molecule has 8 aromatic carbocycles. The number of pyridine rings is 2. The number of nitrogens with zero attached hydrogens (tertiary/aromatic N) is 4. The van der Waals surface area contributed by atoms with Gasteiger partial charge in [0.25, 0.3) is 0 Å². The molecule has 0 radical (unpaired) electrons. The van der Waals surface area contributed by atoms with Gasteiger partial charge in [-0.3, -0.25) is 4.57 Å². The molecule has 0 amide bonds. The molecule has 4 aromatic heterocycles. The van der Waals surface area contributed by atoms with Crippen molar-refractivity contribution in [2.75, 3.05) is 0 Å². The second kappa shape index (κ2) is 13.8. The summed E-state index contributed by atoms with van der Waals surface area (Å²) in [5, 5.41) is 5.98. The molecule has 12 rings (SSSR count). The van der Waals surface area contributed by atoms with Crippen LogP contribution >= 0.6 is 0 Å². The fourth-order valence-electron chi connectivity index (χ4n) is 9.14. The van der Waals surface area contributed by atoms with Gasteiger partial charge >= 0.3 is 0 Å². The molecule has 0 saturated heterocycles. The molecule has 4 heteroatoms. The molecule has 0 saturated carbocycles. The lowest BCUT2D eigenvalue weighted by molar-refractivity contribution is 1.10.